The minimum absolute atomic E-state index is 0.399. The summed E-state index contributed by atoms with van der Waals surface area (Å²) in [5, 5.41) is 34.0. The van der Waals surface area contributed by atoms with E-state index in [4.69, 9.17) is 0 Å². The second-order valence-electron chi connectivity index (χ2n) is 4.71. The van der Waals surface area contributed by atoms with Gasteiger partial charge in [0, 0.05) is 19.0 Å². The van der Waals surface area contributed by atoms with Gasteiger partial charge >= 0.3 is 0 Å². The number of aliphatic hydroxyl groups is 3. The van der Waals surface area contributed by atoms with Crippen molar-refractivity contribution >= 4 is 11.6 Å². The Morgan fingerprint density at radius 1 is 1.05 bits per heavy atom. The van der Waals surface area contributed by atoms with Crippen molar-refractivity contribution in [2.75, 3.05) is 37.0 Å². The molecule has 114 valence electrons. The minimum atomic E-state index is -1.19. The van der Waals surface area contributed by atoms with Crippen LogP contribution in [0.25, 0.3) is 0 Å². The number of aryl methyl sites for hydroxylation is 1. The van der Waals surface area contributed by atoms with Gasteiger partial charge in [-0.2, -0.15) is 0 Å². The van der Waals surface area contributed by atoms with E-state index in [1.165, 1.54) is 0 Å². The van der Waals surface area contributed by atoms with Crippen LogP contribution in [0, 0.1) is 0 Å². The topological polar surface area (TPSA) is 111 Å². The highest BCUT2D eigenvalue weighted by molar-refractivity contribution is 5.49. The largest absolute Gasteiger partial charge is 0.394 e. The van der Waals surface area contributed by atoms with Gasteiger partial charge in [0.2, 0.25) is 0 Å². The number of aromatic nitrogens is 2. The predicted octanol–water partition coefficient (Wildman–Crippen LogP) is -0.0115. The number of hydrogen-bond donors (Lipinski definition) is 5. The number of hydrogen-bond acceptors (Lipinski definition) is 7. The fourth-order valence-corrected chi connectivity index (χ4v) is 1.71. The standard InChI is InChI=1S/C13H24N4O3/c1-3-5-10-15-11(14-4-2)6-12(16-10)17-13(7-18,8-19)9-20/h6,18-20H,3-5,7-9H2,1-2H3,(H2,14,15,16,17). The van der Waals surface area contributed by atoms with Crippen LogP contribution in [0.4, 0.5) is 11.6 Å². The first-order chi connectivity index (χ1) is 9.62. The monoisotopic (exact) mass is 284 g/mol. The minimum Gasteiger partial charge on any atom is -0.394 e. The summed E-state index contributed by atoms with van der Waals surface area (Å²) >= 11 is 0. The van der Waals surface area contributed by atoms with Crippen LogP contribution in [0.15, 0.2) is 6.07 Å². The van der Waals surface area contributed by atoms with Gasteiger partial charge in [0.15, 0.2) is 0 Å². The average molecular weight is 284 g/mol. The Morgan fingerprint density at radius 3 is 2.15 bits per heavy atom. The molecule has 1 aromatic rings. The van der Waals surface area contributed by atoms with E-state index in [2.05, 4.69) is 20.6 Å². The van der Waals surface area contributed by atoms with Crippen molar-refractivity contribution < 1.29 is 15.3 Å². The Bertz CT molecular complexity index is 378. The lowest BCUT2D eigenvalue weighted by molar-refractivity contribution is 0.0831. The lowest BCUT2D eigenvalue weighted by Gasteiger charge is -2.29. The molecule has 0 bridgehead atoms. The molecule has 0 aromatic carbocycles. The molecule has 7 nitrogen and oxygen atoms in total. The van der Waals surface area contributed by atoms with Crippen molar-refractivity contribution in [1.29, 1.82) is 0 Å². The van der Waals surface area contributed by atoms with Crippen molar-refractivity contribution in [1.82, 2.24) is 9.97 Å². The van der Waals surface area contributed by atoms with E-state index in [9.17, 15) is 15.3 Å². The van der Waals surface area contributed by atoms with Gasteiger partial charge in [-0.15, -0.1) is 0 Å². The van der Waals surface area contributed by atoms with Gasteiger partial charge in [0.1, 0.15) is 23.0 Å². The molecule has 0 amide bonds. The van der Waals surface area contributed by atoms with E-state index < -0.39 is 25.4 Å². The molecule has 5 N–H and O–H groups in total. The molecule has 1 aromatic heterocycles. The van der Waals surface area contributed by atoms with E-state index in [1.807, 2.05) is 13.8 Å². The van der Waals surface area contributed by atoms with Crippen LogP contribution in [-0.2, 0) is 6.42 Å². The Kier molecular flexibility index (Phi) is 6.63. The molecule has 0 saturated carbocycles. The quantitative estimate of drug-likeness (QED) is 0.434. The van der Waals surface area contributed by atoms with Crippen molar-refractivity contribution in [2.45, 2.75) is 32.2 Å². The average Bonchev–Trinajstić information content (AvgIpc) is 2.45. The van der Waals surface area contributed by atoms with E-state index >= 15 is 0 Å². The number of nitrogens with one attached hydrogen (secondary N) is 2. The second-order valence-corrected chi connectivity index (χ2v) is 4.71. The lowest BCUT2D eigenvalue weighted by atomic mass is 10.0. The molecular formula is C13H24N4O3. The van der Waals surface area contributed by atoms with Crippen LogP contribution in [0.3, 0.4) is 0 Å². The highest BCUT2D eigenvalue weighted by Crippen LogP contribution is 2.17. The summed E-state index contributed by atoms with van der Waals surface area (Å²) in [5.41, 5.74) is -1.19. The van der Waals surface area contributed by atoms with E-state index in [1.54, 1.807) is 6.07 Å². The zero-order valence-corrected chi connectivity index (χ0v) is 12.1. The summed E-state index contributed by atoms with van der Waals surface area (Å²) in [6.07, 6.45) is 1.65. The fourth-order valence-electron chi connectivity index (χ4n) is 1.71. The van der Waals surface area contributed by atoms with Crippen molar-refractivity contribution in [3.05, 3.63) is 11.9 Å². The number of nitrogens with zero attached hydrogens (tertiary/aromatic N) is 2. The highest BCUT2D eigenvalue weighted by atomic mass is 16.3. The SMILES string of the molecule is CCCc1nc(NCC)cc(NC(CO)(CO)CO)n1. The first-order valence-electron chi connectivity index (χ1n) is 6.85. The summed E-state index contributed by atoms with van der Waals surface area (Å²) in [4.78, 5) is 8.71. The van der Waals surface area contributed by atoms with Crippen LogP contribution < -0.4 is 10.6 Å². The van der Waals surface area contributed by atoms with Gasteiger partial charge in [-0.05, 0) is 13.3 Å². The summed E-state index contributed by atoms with van der Waals surface area (Å²) < 4.78 is 0. The van der Waals surface area contributed by atoms with Gasteiger partial charge < -0.3 is 26.0 Å². The maximum absolute atomic E-state index is 9.34. The molecule has 0 spiro atoms. The summed E-state index contributed by atoms with van der Waals surface area (Å²) in [5.74, 6) is 1.82. The van der Waals surface area contributed by atoms with Crippen LogP contribution in [-0.4, -0.2) is 57.2 Å². The van der Waals surface area contributed by atoms with E-state index in [-0.39, 0.29) is 0 Å². The summed E-state index contributed by atoms with van der Waals surface area (Å²) in [6, 6.07) is 1.69. The van der Waals surface area contributed by atoms with Gasteiger partial charge in [-0.25, -0.2) is 9.97 Å². The maximum atomic E-state index is 9.34. The first-order valence-corrected chi connectivity index (χ1v) is 6.85. The van der Waals surface area contributed by atoms with E-state index in [0.717, 1.165) is 19.4 Å². The molecule has 0 saturated heterocycles. The highest BCUT2D eigenvalue weighted by Gasteiger charge is 2.28. The maximum Gasteiger partial charge on any atom is 0.133 e. The van der Waals surface area contributed by atoms with Crippen LogP contribution in [0.5, 0.6) is 0 Å². The van der Waals surface area contributed by atoms with Gasteiger partial charge in [-0.1, -0.05) is 6.92 Å². The summed E-state index contributed by atoms with van der Waals surface area (Å²) in [7, 11) is 0. The zero-order chi connectivity index (χ0) is 15.0. The molecule has 0 aliphatic rings. The lowest BCUT2D eigenvalue weighted by Crippen LogP contribution is -2.49. The zero-order valence-electron chi connectivity index (χ0n) is 12.1. The fraction of sp³-hybridized carbons (Fsp3) is 0.692. The van der Waals surface area contributed by atoms with Gasteiger partial charge in [0.05, 0.1) is 19.8 Å². The molecule has 1 heterocycles. The Morgan fingerprint density at radius 2 is 1.65 bits per heavy atom. The first kappa shape index (κ1) is 16.6. The second kappa shape index (κ2) is 7.98. The number of anilines is 2. The summed E-state index contributed by atoms with van der Waals surface area (Å²) in [6.45, 7) is 3.54. The molecule has 7 heteroatoms. The smallest absolute Gasteiger partial charge is 0.133 e. The number of aliphatic hydroxyl groups excluding tert-OH is 3. The number of rotatable bonds is 9. The van der Waals surface area contributed by atoms with Gasteiger partial charge in [-0.3, -0.25) is 0 Å². The molecule has 0 fully saturated rings. The van der Waals surface area contributed by atoms with Crippen molar-refractivity contribution in [2.24, 2.45) is 0 Å². The molecule has 20 heavy (non-hydrogen) atoms. The van der Waals surface area contributed by atoms with Crippen LogP contribution in [0.1, 0.15) is 26.1 Å². The predicted molar refractivity (Wildman–Crippen MR) is 77.8 cm³/mol. The third-order valence-corrected chi connectivity index (χ3v) is 2.91. The van der Waals surface area contributed by atoms with Crippen molar-refractivity contribution in [3.63, 3.8) is 0 Å². The normalized spacial score (nSPS) is 11.4. The third-order valence-electron chi connectivity index (χ3n) is 2.91. The third kappa shape index (κ3) is 4.29. The molecule has 0 aliphatic heterocycles. The molecule has 1 rings (SSSR count). The Hall–Kier alpha value is -1.44. The molecule has 0 aliphatic carbocycles. The molecule has 0 atom stereocenters. The van der Waals surface area contributed by atoms with Crippen LogP contribution in [0.2, 0.25) is 0 Å². The van der Waals surface area contributed by atoms with Crippen LogP contribution >= 0.6 is 0 Å². The van der Waals surface area contributed by atoms with Gasteiger partial charge in [0.25, 0.3) is 0 Å². The van der Waals surface area contributed by atoms with E-state index in [0.29, 0.717) is 17.5 Å². The molecule has 0 unspecified atom stereocenters. The Balaban J connectivity index is 3.02. The molecule has 0 radical (unpaired) electrons. The Labute approximate surface area is 119 Å². The van der Waals surface area contributed by atoms with Crippen molar-refractivity contribution in [3.8, 4) is 0 Å². The molecular weight excluding hydrogens is 260 g/mol.